The molecule has 0 aromatic heterocycles. The molecule has 1 aliphatic heterocycles. The van der Waals surface area contributed by atoms with Gasteiger partial charge >= 0.3 is 0 Å². The van der Waals surface area contributed by atoms with E-state index >= 15 is 0 Å². The molecule has 1 saturated heterocycles. The zero-order chi connectivity index (χ0) is 21.1. The van der Waals surface area contributed by atoms with Crippen LogP contribution in [-0.2, 0) is 11.2 Å². The number of phenolic OH excluding ortho intramolecular Hbond substituents is 1. The summed E-state index contributed by atoms with van der Waals surface area (Å²) in [6, 6.07) is 21.3. The fourth-order valence-corrected chi connectivity index (χ4v) is 4.13. The van der Waals surface area contributed by atoms with E-state index in [0.717, 1.165) is 27.8 Å². The summed E-state index contributed by atoms with van der Waals surface area (Å²) in [5, 5.41) is 29.7. The van der Waals surface area contributed by atoms with Crippen LogP contribution >= 0.6 is 11.6 Å². The van der Waals surface area contributed by atoms with Gasteiger partial charge in [0.2, 0.25) is 0 Å². The molecule has 3 atom stereocenters. The van der Waals surface area contributed by atoms with E-state index in [-0.39, 0.29) is 24.6 Å². The Hall–Kier alpha value is -2.37. The molecule has 0 bridgehead atoms. The molecule has 0 spiro atoms. The lowest BCUT2D eigenvalue weighted by molar-refractivity contribution is -0.113. The molecule has 0 radical (unpaired) electrons. The summed E-state index contributed by atoms with van der Waals surface area (Å²) in [6.07, 6.45) is 0.581. The summed E-state index contributed by atoms with van der Waals surface area (Å²) in [5.74, 6) is 0.254. The molecule has 1 aliphatic rings. The van der Waals surface area contributed by atoms with Crippen molar-refractivity contribution in [1.82, 2.24) is 0 Å². The lowest BCUT2D eigenvalue weighted by Gasteiger charge is -2.32. The highest BCUT2D eigenvalue weighted by Crippen LogP contribution is 2.34. The average Bonchev–Trinajstić information content (AvgIpc) is 2.76. The van der Waals surface area contributed by atoms with Gasteiger partial charge in [-0.2, -0.15) is 0 Å². The number of benzene rings is 3. The molecule has 3 N–H and O–H groups in total. The Bertz CT molecular complexity index is 985. The lowest BCUT2D eigenvalue weighted by atomic mass is 9.93. The van der Waals surface area contributed by atoms with E-state index in [0.29, 0.717) is 24.3 Å². The highest BCUT2D eigenvalue weighted by Gasteiger charge is 2.29. The van der Waals surface area contributed by atoms with Crippen LogP contribution in [0.1, 0.15) is 35.6 Å². The molecule has 5 heteroatoms. The van der Waals surface area contributed by atoms with Crippen molar-refractivity contribution in [3.8, 4) is 16.9 Å². The first-order chi connectivity index (χ1) is 14.5. The molecule has 1 fully saturated rings. The summed E-state index contributed by atoms with van der Waals surface area (Å²) in [4.78, 5) is 0. The van der Waals surface area contributed by atoms with Gasteiger partial charge in [-0.25, -0.2) is 0 Å². The van der Waals surface area contributed by atoms with Crippen molar-refractivity contribution >= 4 is 11.6 Å². The molecule has 0 saturated carbocycles. The van der Waals surface area contributed by atoms with Gasteiger partial charge in [0.25, 0.3) is 0 Å². The van der Waals surface area contributed by atoms with Crippen molar-refractivity contribution in [2.45, 2.75) is 37.6 Å². The van der Waals surface area contributed by atoms with E-state index in [4.69, 9.17) is 16.3 Å². The van der Waals surface area contributed by atoms with Crippen molar-refractivity contribution in [2.75, 3.05) is 6.61 Å². The molecular formula is C25H25ClO4. The van der Waals surface area contributed by atoms with Gasteiger partial charge in [0.05, 0.1) is 24.9 Å². The predicted molar refractivity (Wildman–Crippen MR) is 118 cm³/mol. The van der Waals surface area contributed by atoms with Crippen LogP contribution in [0.15, 0.2) is 66.7 Å². The number of aromatic hydroxyl groups is 1. The quantitative estimate of drug-likeness (QED) is 0.546. The third-order valence-corrected chi connectivity index (χ3v) is 5.94. The van der Waals surface area contributed by atoms with E-state index < -0.39 is 6.10 Å². The number of ether oxygens (including phenoxy) is 1. The van der Waals surface area contributed by atoms with Crippen LogP contribution in [0.4, 0.5) is 0 Å². The third kappa shape index (κ3) is 4.85. The van der Waals surface area contributed by atoms with Crippen LogP contribution in [0.3, 0.4) is 0 Å². The van der Waals surface area contributed by atoms with Crippen LogP contribution in [0.25, 0.3) is 11.1 Å². The highest BCUT2D eigenvalue weighted by atomic mass is 35.5. The second-order valence-corrected chi connectivity index (χ2v) is 8.23. The van der Waals surface area contributed by atoms with Gasteiger partial charge in [-0.15, -0.1) is 0 Å². The van der Waals surface area contributed by atoms with Crippen molar-refractivity contribution in [2.24, 2.45) is 0 Å². The number of phenols is 1. The van der Waals surface area contributed by atoms with Crippen molar-refractivity contribution in [1.29, 1.82) is 0 Å². The minimum atomic E-state index is -0.479. The topological polar surface area (TPSA) is 69.9 Å². The Morgan fingerprint density at radius 3 is 2.23 bits per heavy atom. The molecule has 1 heterocycles. The molecule has 4 nitrogen and oxygen atoms in total. The molecule has 3 unspecified atom stereocenters. The summed E-state index contributed by atoms with van der Waals surface area (Å²) in [7, 11) is 0. The summed E-state index contributed by atoms with van der Waals surface area (Å²) < 4.78 is 5.94. The van der Waals surface area contributed by atoms with E-state index in [1.165, 1.54) is 0 Å². The van der Waals surface area contributed by atoms with Crippen LogP contribution < -0.4 is 0 Å². The predicted octanol–water partition coefficient (Wildman–Crippen LogP) is 4.88. The maximum Gasteiger partial charge on any atom is 0.115 e. The first-order valence-corrected chi connectivity index (χ1v) is 10.5. The summed E-state index contributed by atoms with van der Waals surface area (Å²) >= 11 is 6.46. The fourth-order valence-electron chi connectivity index (χ4n) is 3.94. The number of aliphatic hydroxyl groups excluding tert-OH is 2. The van der Waals surface area contributed by atoms with Gasteiger partial charge in [-0.3, -0.25) is 0 Å². The monoisotopic (exact) mass is 424 g/mol. The van der Waals surface area contributed by atoms with Crippen LogP contribution in [0.2, 0.25) is 5.02 Å². The zero-order valence-electron chi connectivity index (χ0n) is 16.5. The highest BCUT2D eigenvalue weighted by molar-refractivity contribution is 6.31. The van der Waals surface area contributed by atoms with Gasteiger partial charge < -0.3 is 20.1 Å². The van der Waals surface area contributed by atoms with E-state index in [1.54, 1.807) is 12.1 Å². The van der Waals surface area contributed by atoms with Gasteiger partial charge in [-0.1, -0.05) is 60.1 Å². The Balaban J connectivity index is 1.51. The number of aliphatic hydroxyl groups is 2. The van der Waals surface area contributed by atoms with Crippen LogP contribution in [0, 0.1) is 0 Å². The molecule has 0 aliphatic carbocycles. The van der Waals surface area contributed by atoms with Gasteiger partial charge in [0.15, 0.2) is 0 Å². The first-order valence-electron chi connectivity index (χ1n) is 10.1. The largest absolute Gasteiger partial charge is 0.508 e. The van der Waals surface area contributed by atoms with Crippen molar-refractivity contribution < 1.29 is 20.1 Å². The maximum atomic E-state index is 10.1. The maximum absolute atomic E-state index is 10.1. The first kappa shape index (κ1) is 20.9. The second-order valence-electron chi connectivity index (χ2n) is 7.83. The Labute approximate surface area is 181 Å². The third-order valence-electron chi connectivity index (χ3n) is 5.57. The van der Waals surface area contributed by atoms with Gasteiger partial charge in [0.1, 0.15) is 5.75 Å². The second kappa shape index (κ2) is 9.19. The molecule has 4 rings (SSSR count). The van der Waals surface area contributed by atoms with Gasteiger partial charge in [0, 0.05) is 17.9 Å². The lowest BCUT2D eigenvalue weighted by Crippen LogP contribution is -2.33. The Morgan fingerprint density at radius 1 is 0.900 bits per heavy atom. The Morgan fingerprint density at radius 2 is 1.57 bits per heavy atom. The number of hydrogen-bond acceptors (Lipinski definition) is 4. The molecule has 0 amide bonds. The van der Waals surface area contributed by atoms with E-state index in [2.05, 4.69) is 24.3 Å². The van der Waals surface area contributed by atoms with E-state index in [9.17, 15) is 15.3 Å². The summed E-state index contributed by atoms with van der Waals surface area (Å²) in [5.41, 5.74) is 5.22. The number of hydrogen-bond donors (Lipinski definition) is 3. The van der Waals surface area contributed by atoms with Crippen molar-refractivity contribution in [3.05, 3.63) is 88.4 Å². The molecular weight excluding hydrogens is 400 g/mol. The van der Waals surface area contributed by atoms with Gasteiger partial charge in [-0.05, 0) is 52.4 Å². The normalized spacial score (nSPS) is 21.5. The molecule has 3 aromatic rings. The number of rotatable bonds is 5. The molecule has 156 valence electrons. The van der Waals surface area contributed by atoms with Crippen molar-refractivity contribution in [3.63, 3.8) is 0 Å². The van der Waals surface area contributed by atoms with Crippen LogP contribution in [-0.4, -0.2) is 34.1 Å². The SMILES string of the molecule is OCC1CC(O)CC(c2ccc(Cl)c(Cc3ccc(-c4ccc(O)cc4)cc3)c2)O1. The number of halogens is 1. The zero-order valence-corrected chi connectivity index (χ0v) is 17.3. The van der Waals surface area contributed by atoms with E-state index in [1.807, 2.05) is 30.3 Å². The molecule has 30 heavy (non-hydrogen) atoms. The average molecular weight is 425 g/mol. The summed E-state index contributed by atoms with van der Waals surface area (Å²) in [6.45, 7) is -0.0958. The minimum absolute atomic E-state index is 0.0958. The Kier molecular flexibility index (Phi) is 6.40. The van der Waals surface area contributed by atoms with Crippen LogP contribution in [0.5, 0.6) is 5.75 Å². The molecule has 3 aromatic carbocycles. The smallest absolute Gasteiger partial charge is 0.115 e. The standard InChI is InChI=1S/C25H25ClO4/c26-24-10-7-19(25-14-22(29)13-23(15-27)30-25)12-20(24)11-16-1-3-17(4-2-16)18-5-8-21(28)9-6-18/h1-10,12,22-23,25,27-29H,11,13-15H2. The fraction of sp³-hybridized carbons (Fsp3) is 0.280. The minimum Gasteiger partial charge on any atom is -0.508 e.